The van der Waals surface area contributed by atoms with Crippen molar-refractivity contribution in [1.29, 1.82) is 0 Å². The summed E-state index contributed by atoms with van der Waals surface area (Å²) in [5, 5.41) is 13.8. The van der Waals surface area contributed by atoms with Crippen LogP contribution in [0.1, 0.15) is 19.4 Å². The number of hydrogen-bond donors (Lipinski definition) is 2. The molecule has 1 aliphatic heterocycles. The van der Waals surface area contributed by atoms with Crippen LogP contribution in [0.5, 0.6) is 0 Å². The van der Waals surface area contributed by atoms with Gasteiger partial charge in [-0.3, -0.25) is 0 Å². The summed E-state index contributed by atoms with van der Waals surface area (Å²) >= 11 is 1.99. The number of aliphatic hydroxyl groups is 1. The number of nitrogens with one attached hydrogen (secondary N) is 1. The van der Waals surface area contributed by atoms with Crippen LogP contribution in [0.3, 0.4) is 0 Å². The summed E-state index contributed by atoms with van der Waals surface area (Å²) in [6.45, 7) is 6.68. The molecule has 5 nitrogen and oxygen atoms in total. The molecule has 0 saturated carbocycles. The van der Waals surface area contributed by atoms with Crippen molar-refractivity contribution < 1.29 is 5.11 Å². The number of anilines is 2. The van der Waals surface area contributed by atoms with E-state index >= 15 is 0 Å². The van der Waals surface area contributed by atoms with Crippen molar-refractivity contribution in [1.82, 2.24) is 9.97 Å². The standard InChI is InChI=1S/C20H28N4OS/c1-16(25)20(2,13-17-6-4-3-5-7-17)14-21-18-12-19(23-15-22-18)24-8-10-26-11-9-24/h3-7,12,15-16,25H,8-11,13-14H2,1-2H3,(H,21,22,23). The second kappa shape index (κ2) is 8.73. The Balaban J connectivity index is 1.67. The van der Waals surface area contributed by atoms with Gasteiger partial charge in [0.25, 0.3) is 0 Å². The molecule has 0 amide bonds. The van der Waals surface area contributed by atoms with E-state index in [0.29, 0.717) is 6.54 Å². The molecule has 0 aliphatic carbocycles. The maximum absolute atomic E-state index is 10.4. The van der Waals surface area contributed by atoms with E-state index < -0.39 is 6.10 Å². The first-order valence-electron chi connectivity index (χ1n) is 9.17. The Kier molecular flexibility index (Phi) is 6.38. The van der Waals surface area contributed by atoms with Crippen molar-refractivity contribution in [2.24, 2.45) is 5.41 Å². The van der Waals surface area contributed by atoms with E-state index in [0.717, 1.165) is 42.7 Å². The highest BCUT2D eigenvalue weighted by atomic mass is 32.2. The van der Waals surface area contributed by atoms with Gasteiger partial charge in [-0.15, -0.1) is 0 Å². The molecule has 0 spiro atoms. The third-order valence-corrected chi connectivity index (χ3v) is 6.06. The molecule has 1 aromatic heterocycles. The van der Waals surface area contributed by atoms with Crippen LogP contribution in [0.4, 0.5) is 11.6 Å². The Morgan fingerprint density at radius 2 is 1.96 bits per heavy atom. The number of rotatable bonds is 7. The highest BCUT2D eigenvalue weighted by Gasteiger charge is 2.30. The number of nitrogens with zero attached hydrogens (tertiary/aromatic N) is 3. The fourth-order valence-electron chi connectivity index (χ4n) is 3.12. The van der Waals surface area contributed by atoms with Crippen LogP contribution < -0.4 is 10.2 Å². The Hall–Kier alpha value is -1.79. The fourth-order valence-corrected chi connectivity index (χ4v) is 4.02. The lowest BCUT2D eigenvalue weighted by Crippen LogP contribution is -2.39. The van der Waals surface area contributed by atoms with Crippen LogP contribution >= 0.6 is 11.8 Å². The van der Waals surface area contributed by atoms with Gasteiger partial charge in [0.15, 0.2) is 0 Å². The number of hydrogen-bond acceptors (Lipinski definition) is 6. The maximum Gasteiger partial charge on any atom is 0.134 e. The summed E-state index contributed by atoms with van der Waals surface area (Å²) in [7, 11) is 0. The van der Waals surface area contributed by atoms with Gasteiger partial charge in [-0.2, -0.15) is 11.8 Å². The SMILES string of the molecule is CC(O)C(C)(CNc1cc(N2CCSCC2)ncn1)Cc1ccccc1. The molecular formula is C20H28N4OS. The molecule has 2 N–H and O–H groups in total. The van der Waals surface area contributed by atoms with Crippen LogP contribution in [0.25, 0.3) is 0 Å². The monoisotopic (exact) mass is 372 g/mol. The lowest BCUT2D eigenvalue weighted by Gasteiger charge is -2.33. The zero-order chi connectivity index (χ0) is 18.4. The Morgan fingerprint density at radius 3 is 2.65 bits per heavy atom. The predicted octanol–water partition coefficient (Wildman–Crippen LogP) is 3.07. The summed E-state index contributed by atoms with van der Waals surface area (Å²) in [4.78, 5) is 11.1. The van der Waals surface area contributed by atoms with E-state index in [1.54, 1.807) is 6.33 Å². The summed E-state index contributed by atoms with van der Waals surface area (Å²) in [6.07, 6.45) is 1.99. The zero-order valence-corrected chi connectivity index (χ0v) is 16.4. The van der Waals surface area contributed by atoms with E-state index in [-0.39, 0.29) is 5.41 Å². The average Bonchev–Trinajstić information content (AvgIpc) is 2.68. The third-order valence-electron chi connectivity index (χ3n) is 5.12. The van der Waals surface area contributed by atoms with Gasteiger partial charge in [0.2, 0.25) is 0 Å². The highest BCUT2D eigenvalue weighted by Crippen LogP contribution is 2.28. The van der Waals surface area contributed by atoms with Crippen molar-refractivity contribution in [2.75, 3.05) is 41.4 Å². The molecule has 2 heterocycles. The molecule has 140 valence electrons. The summed E-state index contributed by atoms with van der Waals surface area (Å²) < 4.78 is 0. The Bertz CT molecular complexity index is 691. The number of aromatic nitrogens is 2. The summed E-state index contributed by atoms with van der Waals surface area (Å²) in [6, 6.07) is 12.3. The van der Waals surface area contributed by atoms with Crippen LogP contribution in [-0.4, -0.2) is 52.3 Å². The van der Waals surface area contributed by atoms with Gasteiger partial charge in [-0.25, -0.2) is 9.97 Å². The van der Waals surface area contributed by atoms with Gasteiger partial charge >= 0.3 is 0 Å². The van der Waals surface area contributed by atoms with Crippen LogP contribution in [0.2, 0.25) is 0 Å². The molecule has 2 atom stereocenters. The molecule has 1 aliphatic rings. The number of thioether (sulfide) groups is 1. The Labute approximate surface area is 160 Å². The molecule has 0 bridgehead atoms. The molecule has 3 rings (SSSR count). The second-order valence-corrected chi connectivity index (χ2v) is 8.43. The topological polar surface area (TPSA) is 61.3 Å². The van der Waals surface area contributed by atoms with Gasteiger partial charge in [-0.05, 0) is 18.9 Å². The first-order valence-corrected chi connectivity index (χ1v) is 10.3. The van der Waals surface area contributed by atoms with Crippen molar-refractivity contribution in [2.45, 2.75) is 26.4 Å². The fraction of sp³-hybridized carbons (Fsp3) is 0.500. The van der Waals surface area contributed by atoms with E-state index in [1.807, 2.05) is 43.0 Å². The van der Waals surface area contributed by atoms with Gasteiger partial charge in [0, 0.05) is 42.6 Å². The summed E-state index contributed by atoms with van der Waals surface area (Å²) in [5.41, 5.74) is 0.945. The van der Waals surface area contributed by atoms with Crippen molar-refractivity contribution in [3.05, 3.63) is 48.3 Å². The Morgan fingerprint density at radius 1 is 1.23 bits per heavy atom. The van der Waals surface area contributed by atoms with Gasteiger partial charge in [0.1, 0.15) is 18.0 Å². The summed E-state index contributed by atoms with van der Waals surface area (Å²) in [5.74, 6) is 4.08. The molecule has 26 heavy (non-hydrogen) atoms. The van der Waals surface area contributed by atoms with Crippen molar-refractivity contribution >= 4 is 23.4 Å². The smallest absolute Gasteiger partial charge is 0.134 e. The van der Waals surface area contributed by atoms with Gasteiger partial charge in [-0.1, -0.05) is 37.3 Å². The lowest BCUT2D eigenvalue weighted by molar-refractivity contribution is 0.0619. The normalized spacial score (nSPS) is 18.2. The van der Waals surface area contributed by atoms with Gasteiger partial charge in [0.05, 0.1) is 6.10 Å². The van der Waals surface area contributed by atoms with Gasteiger partial charge < -0.3 is 15.3 Å². The average molecular weight is 373 g/mol. The predicted molar refractivity (Wildman–Crippen MR) is 110 cm³/mol. The zero-order valence-electron chi connectivity index (χ0n) is 15.6. The second-order valence-electron chi connectivity index (χ2n) is 7.21. The number of benzene rings is 1. The minimum absolute atomic E-state index is 0.284. The lowest BCUT2D eigenvalue weighted by atomic mass is 9.79. The minimum atomic E-state index is -0.435. The molecule has 6 heteroatoms. The quantitative estimate of drug-likeness (QED) is 0.779. The largest absolute Gasteiger partial charge is 0.393 e. The van der Waals surface area contributed by atoms with Crippen molar-refractivity contribution in [3.63, 3.8) is 0 Å². The van der Waals surface area contributed by atoms with Crippen LogP contribution in [0.15, 0.2) is 42.7 Å². The molecular weight excluding hydrogens is 344 g/mol. The third kappa shape index (κ3) is 4.89. The first-order chi connectivity index (χ1) is 12.6. The van der Waals surface area contributed by atoms with E-state index in [9.17, 15) is 5.11 Å². The molecule has 2 aromatic rings. The first kappa shape index (κ1) is 19.0. The minimum Gasteiger partial charge on any atom is -0.393 e. The van der Waals surface area contributed by atoms with E-state index in [4.69, 9.17) is 0 Å². The van der Waals surface area contributed by atoms with Crippen LogP contribution in [0, 0.1) is 5.41 Å². The maximum atomic E-state index is 10.4. The molecule has 1 saturated heterocycles. The van der Waals surface area contributed by atoms with Crippen molar-refractivity contribution in [3.8, 4) is 0 Å². The molecule has 2 unspecified atom stereocenters. The molecule has 0 radical (unpaired) electrons. The van der Waals surface area contributed by atoms with Crippen LogP contribution in [-0.2, 0) is 6.42 Å². The number of aliphatic hydroxyl groups excluding tert-OH is 1. The molecule has 1 fully saturated rings. The molecule has 1 aromatic carbocycles. The van der Waals surface area contributed by atoms with E-state index in [1.165, 1.54) is 5.56 Å². The highest BCUT2D eigenvalue weighted by molar-refractivity contribution is 7.99. The van der Waals surface area contributed by atoms with E-state index in [2.05, 4.69) is 39.2 Å².